The van der Waals surface area contributed by atoms with Crippen molar-refractivity contribution in [3.63, 3.8) is 0 Å². The first-order valence-corrected chi connectivity index (χ1v) is 10.8. The van der Waals surface area contributed by atoms with E-state index in [0.29, 0.717) is 22.9 Å². The lowest BCUT2D eigenvalue weighted by atomic mass is 10.2. The Balaban J connectivity index is 1.44. The van der Waals surface area contributed by atoms with Gasteiger partial charge in [0.05, 0.1) is 5.25 Å². The van der Waals surface area contributed by atoms with Crippen molar-refractivity contribution < 1.29 is 8.83 Å². The molecule has 7 nitrogen and oxygen atoms in total. The molecular weight excluding hydrogens is 398 g/mol. The molecule has 0 amide bonds. The van der Waals surface area contributed by atoms with Crippen LogP contribution in [0.15, 0.2) is 68.7 Å². The summed E-state index contributed by atoms with van der Waals surface area (Å²) in [6.07, 6.45) is 0. The molecule has 0 radical (unpaired) electrons. The first kappa shape index (κ1) is 20.2. The molecule has 0 aliphatic carbocycles. The quantitative estimate of drug-likeness (QED) is 0.346. The zero-order valence-corrected chi connectivity index (χ0v) is 18.0. The molecule has 0 saturated heterocycles. The highest BCUT2D eigenvalue weighted by molar-refractivity contribution is 7.99. The Morgan fingerprint density at radius 1 is 0.800 bits per heavy atom. The number of thioether (sulfide) groups is 1. The maximum atomic E-state index is 5.84. The molecule has 154 valence electrons. The van der Waals surface area contributed by atoms with E-state index in [1.54, 1.807) is 0 Å². The summed E-state index contributed by atoms with van der Waals surface area (Å²) in [5, 5.41) is 17.0. The Labute approximate surface area is 179 Å². The molecule has 4 aromatic rings. The highest BCUT2D eigenvalue weighted by atomic mass is 32.2. The van der Waals surface area contributed by atoms with E-state index < -0.39 is 0 Å². The summed E-state index contributed by atoms with van der Waals surface area (Å²) in [6.45, 7) is 8.20. The van der Waals surface area contributed by atoms with Gasteiger partial charge >= 0.3 is 0 Å². The zero-order valence-electron chi connectivity index (χ0n) is 17.1. The highest BCUT2D eigenvalue weighted by Gasteiger charge is 2.20. The second-order valence-corrected chi connectivity index (χ2v) is 7.96. The number of benzene rings is 2. The summed E-state index contributed by atoms with van der Waals surface area (Å²) in [4.78, 5) is 2.29. The van der Waals surface area contributed by atoms with Gasteiger partial charge < -0.3 is 13.7 Å². The summed E-state index contributed by atoms with van der Waals surface area (Å²) in [7, 11) is 0. The molecule has 0 spiro atoms. The molecule has 0 saturated carbocycles. The standard InChI is InChI=1S/C22H23N5O2S/c1-4-27(5-2)18-13-11-17(12-14-18)21-25-26-22(29-21)30-15(3)19-23-24-20(28-19)16-9-7-6-8-10-16/h6-15H,4-5H2,1-3H3/t15-/m0/s1. The Morgan fingerprint density at radius 2 is 1.43 bits per heavy atom. The van der Waals surface area contributed by atoms with Crippen LogP contribution in [0.5, 0.6) is 0 Å². The predicted molar refractivity (Wildman–Crippen MR) is 117 cm³/mol. The van der Waals surface area contributed by atoms with Crippen molar-refractivity contribution in [3.05, 3.63) is 60.5 Å². The first-order chi connectivity index (χ1) is 14.7. The minimum Gasteiger partial charge on any atom is -0.419 e. The van der Waals surface area contributed by atoms with E-state index in [1.807, 2.05) is 49.4 Å². The van der Waals surface area contributed by atoms with Gasteiger partial charge in [0, 0.05) is 29.9 Å². The summed E-state index contributed by atoms with van der Waals surface area (Å²) in [5.41, 5.74) is 2.96. The smallest absolute Gasteiger partial charge is 0.277 e. The van der Waals surface area contributed by atoms with Crippen molar-refractivity contribution in [2.24, 2.45) is 0 Å². The number of hydrogen-bond acceptors (Lipinski definition) is 8. The Kier molecular flexibility index (Phi) is 6.13. The molecule has 2 aromatic carbocycles. The Bertz CT molecular complexity index is 1070. The van der Waals surface area contributed by atoms with Crippen LogP contribution in [-0.2, 0) is 0 Å². The molecule has 0 aliphatic rings. The fourth-order valence-corrected chi connectivity index (χ4v) is 3.79. The van der Waals surface area contributed by atoms with Gasteiger partial charge in [-0.05, 0) is 57.2 Å². The molecule has 0 unspecified atom stereocenters. The minimum absolute atomic E-state index is 0.117. The molecule has 30 heavy (non-hydrogen) atoms. The van der Waals surface area contributed by atoms with E-state index in [9.17, 15) is 0 Å². The van der Waals surface area contributed by atoms with Crippen LogP contribution in [0.1, 0.15) is 31.9 Å². The second kappa shape index (κ2) is 9.13. The van der Waals surface area contributed by atoms with Crippen LogP contribution >= 0.6 is 11.8 Å². The van der Waals surface area contributed by atoms with Crippen LogP contribution in [0.3, 0.4) is 0 Å². The van der Waals surface area contributed by atoms with Crippen LogP contribution in [0.25, 0.3) is 22.9 Å². The number of rotatable bonds is 8. The molecule has 2 aromatic heterocycles. The maximum Gasteiger partial charge on any atom is 0.277 e. The van der Waals surface area contributed by atoms with Gasteiger partial charge in [0.15, 0.2) is 0 Å². The van der Waals surface area contributed by atoms with Crippen LogP contribution < -0.4 is 4.90 Å². The van der Waals surface area contributed by atoms with Gasteiger partial charge in [0.2, 0.25) is 17.7 Å². The lowest BCUT2D eigenvalue weighted by molar-refractivity contribution is 0.461. The zero-order chi connectivity index (χ0) is 20.9. The molecule has 1 atom stereocenters. The van der Waals surface area contributed by atoms with Crippen LogP contribution in [0.4, 0.5) is 5.69 Å². The van der Waals surface area contributed by atoms with Crippen LogP contribution in [0.2, 0.25) is 0 Å². The van der Waals surface area contributed by atoms with Gasteiger partial charge in [-0.25, -0.2) is 0 Å². The molecule has 0 N–H and O–H groups in total. The Morgan fingerprint density at radius 3 is 2.13 bits per heavy atom. The SMILES string of the molecule is CCN(CC)c1ccc(-c2nnc(S[C@@H](C)c3nnc(-c4ccccc4)o3)o2)cc1. The van der Waals surface area contributed by atoms with Crippen molar-refractivity contribution in [1.29, 1.82) is 0 Å². The highest BCUT2D eigenvalue weighted by Crippen LogP contribution is 2.35. The second-order valence-electron chi connectivity index (χ2n) is 6.66. The Hall–Kier alpha value is -3.13. The fourth-order valence-electron chi connectivity index (χ4n) is 3.08. The van der Waals surface area contributed by atoms with E-state index in [0.717, 1.165) is 24.2 Å². The number of anilines is 1. The third-order valence-corrected chi connectivity index (χ3v) is 5.66. The summed E-state index contributed by atoms with van der Waals surface area (Å²) >= 11 is 1.39. The van der Waals surface area contributed by atoms with E-state index in [-0.39, 0.29) is 5.25 Å². The molecule has 0 fully saturated rings. The molecule has 8 heteroatoms. The predicted octanol–water partition coefficient (Wildman–Crippen LogP) is 5.49. The summed E-state index contributed by atoms with van der Waals surface area (Å²) in [5.74, 6) is 1.51. The minimum atomic E-state index is -0.117. The van der Waals surface area contributed by atoms with Crippen molar-refractivity contribution in [3.8, 4) is 22.9 Å². The molecule has 0 bridgehead atoms. The molecule has 4 rings (SSSR count). The molecule has 0 aliphatic heterocycles. The normalized spacial score (nSPS) is 12.1. The molecule has 2 heterocycles. The van der Waals surface area contributed by atoms with Crippen LogP contribution in [0, 0.1) is 0 Å². The third kappa shape index (κ3) is 4.38. The van der Waals surface area contributed by atoms with Crippen molar-refractivity contribution in [2.45, 2.75) is 31.2 Å². The van der Waals surface area contributed by atoms with Gasteiger partial charge in [0.25, 0.3) is 5.22 Å². The van der Waals surface area contributed by atoms with Gasteiger partial charge in [-0.15, -0.1) is 20.4 Å². The monoisotopic (exact) mass is 421 g/mol. The number of aromatic nitrogens is 4. The largest absolute Gasteiger partial charge is 0.419 e. The van der Waals surface area contributed by atoms with Gasteiger partial charge in [-0.3, -0.25) is 0 Å². The van der Waals surface area contributed by atoms with Gasteiger partial charge in [0.1, 0.15) is 0 Å². The summed E-state index contributed by atoms with van der Waals surface area (Å²) < 4.78 is 11.7. The lowest BCUT2D eigenvalue weighted by Gasteiger charge is -2.20. The average Bonchev–Trinajstić information content (AvgIpc) is 3.46. The average molecular weight is 422 g/mol. The van der Waals surface area contributed by atoms with E-state index in [1.165, 1.54) is 17.4 Å². The van der Waals surface area contributed by atoms with E-state index in [4.69, 9.17) is 8.83 Å². The van der Waals surface area contributed by atoms with Crippen molar-refractivity contribution in [2.75, 3.05) is 18.0 Å². The molecular formula is C22H23N5O2S. The fraction of sp³-hybridized carbons (Fsp3) is 0.273. The van der Waals surface area contributed by atoms with Crippen molar-refractivity contribution in [1.82, 2.24) is 20.4 Å². The number of nitrogens with zero attached hydrogens (tertiary/aromatic N) is 5. The van der Waals surface area contributed by atoms with E-state index >= 15 is 0 Å². The van der Waals surface area contributed by atoms with Crippen molar-refractivity contribution >= 4 is 17.4 Å². The van der Waals surface area contributed by atoms with Gasteiger partial charge in [-0.2, -0.15) is 0 Å². The van der Waals surface area contributed by atoms with E-state index in [2.05, 4.69) is 51.3 Å². The van der Waals surface area contributed by atoms with Crippen LogP contribution in [-0.4, -0.2) is 33.5 Å². The summed E-state index contributed by atoms with van der Waals surface area (Å²) in [6, 6.07) is 17.8. The van der Waals surface area contributed by atoms with Gasteiger partial charge in [-0.1, -0.05) is 30.0 Å². The lowest BCUT2D eigenvalue weighted by Crippen LogP contribution is -2.21. The number of hydrogen-bond donors (Lipinski definition) is 0. The maximum absolute atomic E-state index is 5.84. The first-order valence-electron chi connectivity index (χ1n) is 9.92. The third-order valence-electron chi connectivity index (χ3n) is 4.74. The topological polar surface area (TPSA) is 81.1 Å².